The molecule has 41 heavy (non-hydrogen) atoms. The molecule has 0 radical (unpaired) electrons. The highest BCUT2D eigenvalue weighted by atomic mass is 16.6. The van der Waals surface area contributed by atoms with E-state index in [0.29, 0.717) is 0 Å². The zero-order valence-electron chi connectivity index (χ0n) is 23.9. The van der Waals surface area contributed by atoms with Gasteiger partial charge >= 0.3 is 0 Å². The Labute approximate surface area is 242 Å². The molecule has 6 nitrogen and oxygen atoms in total. The van der Waals surface area contributed by atoms with Gasteiger partial charge in [0, 0.05) is 47.5 Å². The van der Waals surface area contributed by atoms with Crippen molar-refractivity contribution in [2.75, 3.05) is 18.8 Å². The number of anilines is 1. The minimum Gasteiger partial charge on any atom is -0.399 e. The third-order valence-electron chi connectivity index (χ3n) is 7.70. The van der Waals surface area contributed by atoms with Crippen molar-refractivity contribution in [2.24, 2.45) is 0 Å². The van der Waals surface area contributed by atoms with Crippen molar-refractivity contribution in [1.29, 1.82) is 0 Å². The number of rotatable bonds is 12. The number of non-ortho nitro benzene ring substituents is 1. The fourth-order valence-corrected chi connectivity index (χ4v) is 5.72. The zero-order chi connectivity index (χ0) is 28.8. The van der Waals surface area contributed by atoms with E-state index in [1.54, 1.807) is 12.1 Å². The lowest BCUT2D eigenvalue weighted by Gasteiger charge is -2.23. The molecule has 5 rings (SSSR count). The molecule has 6 heteroatoms. The van der Waals surface area contributed by atoms with E-state index in [1.807, 2.05) is 18.2 Å². The van der Waals surface area contributed by atoms with Crippen molar-refractivity contribution in [3.8, 4) is 11.3 Å². The first-order valence-electron chi connectivity index (χ1n) is 14.3. The van der Waals surface area contributed by atoms with Crippen LogP contribution in [0, 0.1) is 24.0 Å². The Hall–Kier alpha value is -4.42. The predicted octanol–water partition coefficient (Wildman–Crippen LogP) is 8.01. The number of fused-ring (bicyclic) bond motifs is 1. The summed E-state index contributed by atoms with van der Waals surface area (Å²) in [6, 6.07) is 30.4. The molecule has 1 heterocycles. The van der Waals surface area contributed by atoms with Crippen LogP contribution < -0.4 is 5.73 Å². The number of nitrogen functional groups attached to an aromatic ring is 1. The van der Waals surface area contributed by atoms with Gasteiger partial charge in [-0.2, -0.15) is 0 Å². The first-order valence-corrected chi connectivity index (χ1v) is 14.3. The van der Waals surface area contributed by atoms with Crippen molar-refractivity contribution in [1.82, 2.24) is 9.88 Å². The highest BCUT2D eigenvalue weighted by molar-refractivity contribution is 5.92. The second-order valence-corrected chi connectivity index (χ2v) is 11.1. The Bertz CT molecular complexity index is 1600. The number of hydrogen-bond donors (Lipinski definition) is 2. The number of nitrogens with two attached hydrogens (primary N) is 1. The fourth-order valence-electron chi connectivity index (χ4n) is 5.72. The number of unbranched alkanes of at least 4 members (excludes halogenated alkanes) is 1. The van der Waals surface area contributed by atoms with Gasteiger partial charge in [-0.3, -0.25) is 15.0 Å². The summed E-state index contributed by atoms with van der Waals surface area (Å²) in [5, 5.41) is 12.1. The van der Waals surface area contributed by atoms with Crippen molar-refractivity contribution in [2.45, 2.75) is 46.1 Å². The lowest BCUT2D eigenvalue weighted by Crippen LogP contribution is -2.27. The van der Waals surface area contributed by atoms with E-state index in [2.05, 4.69) is 84.4 Å². The van der Waals surface area contributed by atoms with Crippen LogP contribution in [0.25, 0.3) is 22.2 Å². The molecule has 0 aliphatic rings. The van der Waals surface area contributed by atoms with Crippen LogP contribution in [0.1, 0.15) is 40.7 Å². The number of aryl methyl sites for hydroxylation is 3. The van der Waals surface area contributed by atoms with Gasteiger partial charge in [0.15, 0.2) is 0 Å². The van der Waals surface area contributed by atoms with Gasteiger partial charge in [-0.05, 0) is 98.7 Å². The molecule has 0 aliphatic heterocycles. The molecule has 0 fully saturated rings. The van der Waals surface area contributed by atoms with E-state index in [1.165, 1.54) is 38.9 Å². The first kappa shape index (κ1) is 28.1. The molecule has 0 bridgehead atoms. The van der Waals surface area contributed by atoms with Crippen molar-refractivity contribution in [3.63, 3.8) is 0 Å². The van der Waals surface area contributed by atoms with Crippen LogP contribution in [0.2, 0.25) is 0 Å². The average Bonchev–Trinajstić information content (AvgIpc) is 3.31. The summed E-state index contributed by atoms with van der Waals surface area (Å²) in [7, 11) is 0. The van der Waals surface area contributed by atoms with Crippen LogP contribution in [0.15, 0.2) is 91.0 Å². The van der Waals surface area contributed by atoms with E-state index >= 15 is 0 Å². The number of aromatic nitrogens is 1. The van der Waals surface area contributed by atoms with Crippen molar-refractivity contribution in [3.05, 3.63) is 129 Å². The average molecular weight is 547 g/mol. The highest BCUT2D eigenvalue weighted by Crippen LogP contribution is 2.33. The molecule has 4 aromatic carbocycles. The zero-order valence-corrected chi connectivity index (χ0v) is 23.9. The number of nitro benzene ring substituents is 1. The minimum atomic E-state index is -0.348. The van der Waals surface area contributed by atoms with Crippen LogP contribution in [-0.4, -0.2) is 27.9 Å². The van der Waals surface area contributed by atoms with E-state index in [-0.39, 0.29) is 10.6 Å². The lowest BCUT2D eigenvalue weighted by atomic mass is 9.99. The van der Waals surface area contributed by atoms with Gasteiger partial charge in [-0.1, -0.05) is 59.7 Å². The van der Waals surface area contributed by atoms with Gasteiger partial charge in [0.1, 0.15) is 0 Å². The standard InChI is InChI=1S/C35H38N4O2/c1-25-20-26(2)22-29(21-25)35-32(33-23-30(36)13-16-34(33)37-35)17-19-38(24-28-9-4-3-5-10-28)18-7-6-8-27-11-14-31(15-12-27)39(40)41/h3-5,9-16,20-23,37H,6-8,17-19,24,36H2,1-2H3. The molecule has 0 aliphatic carbocycles. The fraction of sp³-hybridized carbons (Fsp3) is 0.257. The minimum absolute atomic E-state index is 0.141. The Morgan fingerprint density at radius 2 is 1.54 bits per heavy atom. The number of H-pyrrole nitrogens is 1. The maximum Gasteiger partial charge on any atom is 0.269 e. The van der Waals surface area contributed by atoms with Crippen molar-refractivity contribution < 1.29 is 4.92 Å². The summed E-state index contributed by atoms with van der Waals surface area (Å²) in [6.07, 6.45) is 3.89. The molecule has 3 N–H and O–H groups in total. The Morgan fingerprint density at radius 1 is 0.805 bits per heavy atom. The topological polar surface area (TPSA) is 88.2 Å². The third-order valence-corrected chi connectivity index (χ3v) is 7.70. The van der Waals surface area contributed by atoms with Crippen LogP contribution in [0.3, 0.4) is 0 Å². The van der Waals surface area contributed by atoms with E-state index in [0.717, 1.165) is 62.1 Å². The Kier molecular flexibility index (Phi) is 8.80. The Balaban J connectivity index is 1.33. The number of nitrogens with zero attached hydrogens (tertiary/aromatic N) is 2. The molecular formula is C35H38N4O2. The quantitative estimate of drug-likeness (QED) is 0.0718. The molecule has 210 valence electrons. The molecule has 0 amide bonds. The highest BCUT2D eigenvalue weighted by Gasteiger charge is 2.16. The smallest absolute Gasteiger partial charge is 0.269 e. The van der Waals surface area contributed by atoms with Crippen LogP contribution in [0.4, 0.5) is 11.4 Å². The number of benzene rings is 4. The van der Waals surface area contributed by atoms with Gasteiger partial charge in [0.25, 0.3) is 5.69 Å². The first-order chi connectivity index (χ1) is 19.9. The molecule has 0 saturated heterocycles. The molecule has 0 unspecified atom stereocenters. The van der Waals surface area contributed by atoms with Gasteiger partial charge in [-0.15, -0.1) is 0 Å². The predicted molar refractivity (Wildman–Crippen MR) is 169 cm³/mol. The monoisotopic (exact) mass is 546 g/mol. The van der Waals surface area contributed by atoms with E-state index in [9.17, 15) is 10.1 Å². The maximum atomic E-state index is 11.0. The largest absolute Gasteiger partial charge is 0.399 e. The molecular weight excluding hydrogens is 508 g/mol. The summed E-state index contributed by atoms with van der Waals surface area (Å²) in [4.78, 5) is 16.9. The summed E-state index contributed by atoms with van der Waals surface area (Å²) in [5.41, 5.74) is 16.9. The van der Waals surface area contributed by atoms with Crippen molar-refractivity contribution >= 4 is 22.3 Å². The SMILES string of the molecule is Cc1cc(C)cc(-c2[nH]c3ccc(N)cc3c2CCN(CCCCc2ccc([N+](=O)[O-])cc2)Cc2ccccc2)c1. The summed E-state index contributed by atoms with van der Waals surface area (Å²) in [6.45, 7) is 7.09. The van der Waals surface area contributed by atoms with Crippen LogP contribution >= 0.6 is 0 Å². The molecule has 1 aromatic heterocycles. The van der Waals surface area contributed by atoms with E-state index < -0.39 is 0 Å². The second-order valence-electron chi connectivity index (χ2n) is 11.1. The third kappa shape index (κ3) is 7.21. The molecule has 0 spiro atoms. The molecule has 0 atom stereocenters. The summed E-state index contributed by atoms with van der Waals surface area (Å²) >= 11 is 0. The number of aromatic amines is 1. The number of hydrogen-bond acceptors (Lipinski definition) is 4. The maximum absolute atomic E-state index is 11.0. The van der Waals surface area contributed by atoms with Crippen LogP contribution in [0.5, 0.6) is 0 Å². The summed E-state index contributed by atoms with van der Waals surface area (Å²) in [5.74, 6) is 0. The van der Waals surface area contributed by atoms with E-state index in [4.69, 9.17) is 5.73 Å². The molecule has 5 aromatic rings. The summed E-state index contributed by atoms with van der Waals surface area (Å²) < 4.78 is 0. The Morgan fingerprint density at radius 3 is 2.24 bits per heavy atom. The molecule has 0 saturated carbocycles. The second kappa shape index (κ2) is 12.8. The van der Waals surface area contributed by atoms with Gasteiger partial charge in [0.2, 0.25) is 0 Å². The normalized spacial score (nSPS) is 11.4. The van der Waals surface area contributed by atoms with Gasteiger partial charge in [-0.25, -0.2) is 0 Å². The number of nitro groups is 1. The lowest BCUT2D eigenvalue weighted by molar-refractivity contribution is -0.384. The number of nitrogens with one attached hydrogen (secondary N) is 1. The van der Waals surface area contributed by atoms with Gasteiger partial charge in [0.05, 0.1) is 4.92 Å². The van der Waals surface area contributed by atoms with Gasteiger partial charge < -0.3 is 10.7 Å². The van der Waals surface area contributed by atoms with Crippen LogP contribution in [-0.2, 0) is 19.4 Å².